The van der Waals surface area contributed by atoms with Gasteiger partial charge < -0.3 is 11.1 Å². The van der Waals surface area contributed by atoms with Gasteiger partial charge in [0.15, 0.2) is 0 Å². The Morgan fingerprint density at radius 2 is 1.91 bits per heavy atom. The van der Waals surface area contributed by atoms with Crippen LogP contribution < -0.4 is 16.8 Å². The normalized spacial score (nSPS) is 15.2. The van der Waals surface area contributed by atoms with E-state index in [2.05, 4.69) is 5.32 Å². The summed E-state index contributed by atoms with van der Waals surface area (Å²) in [5.41, 5.74) is 11.8. The van der Waals surface area contributed by atoms with Crippen LogP contribution in [0.25, 0.3) is 0 Å². The Labute approximate surface area is 65.1 Å². The molecule has 0 aromatic rings. The van der Waals surface area contributed by atoms with Crippen molar-refractivity contribution in [3.05, 3.63) is 0 Å². The zero-order valence-electron chi connectivity index (χ0n) is 6.55. The third kappa shape index (κ3) is 3.57. The molecule has 5 nitrogen and oxygen atoms in total. The second-order valence-electron chi connectivity index (χ2n) is 2.38. The second kappa shape index (κ2) is 3.92. The molecule has 0 aromatic heterocycles. The Bertz CT molecular complexity index is 167. The lowest BCUT2D eigenvalue weighted by molar-refractivity contribution is -0.127. The van der Waals surface area contributed by atoms with Crippen LogP contribution in [0.4, 0.5) is 0 Å². The summed E-state index contributed by atoms with van der Waals surface area (Å²) in [6, 6.07) is -1.41. The molecule has 0 aliphatic carbocycles. The molecule has 0 heterocycles. The van der Waals surface area contributed by atoms with E-state index in [1.807, 2.05) is 0 Å². The maximum atomic E-state index is 10.8. The number of amides is 2. The fourth-order valence-corrected chi connectivity index (χ4v) is 0.410. The largest absolute Gasteiger partial charge is 0.343 e. The first-order valence-electron chi connectivity index (χ1n) is 3.26. The summed E-state index contributed by atoms with van der Waals surface area (Å²) in [6.07, 6.45) is 0. The molecule has 0 saturated heterocycles. The van der Waals surface area contributed by atoms with Crippen LogP contribution in [0.15, 0.2) is 0 Å². The minimum Gasteiger partial charge on any atom is -0.343 e. The van der Waals surface area contributed by atoms with Crippen molar-refractivity contribution in [2.75, 3.05) is 0 Å². The third-order valence-electron chi connectivity index (χ3n) is 1.17. The summed E-state index contributed by atoms with van der Waals surface area (Å²) < 4.78 is 0. The smallest absolute Gasteiger partial charge is 0.260 e. The number of carbonyl (C=O) groups excluding carboxylic acids is 2. The van der Waals surface area contributed by atoms with E-state index < -0.39 is 23.9 Å². The van der Waals surface area contributed by atoms with Gasteiger partial charge in [-0.15, -0.1) is 0 Å². The summed E-state index contributed by atoms with van der Waals surface area (Å²) in [5, 5.41) is 2.28. The lowest BCUT2D eigenvalue weighted by atomic mass is 10.3. The zero-order valence-corrected chi connectivity index (χ0v) is 6.55. The Balaban J connectivity index is 3.85. The predicted octanol–water partition coefficient (Wildman–Crippen LogP) is -1.35. The van der Waals surface area contributed by atoms with E-state index in [1.165, 1.54) is 13.8 Å². The molecule has 11 heavy (non-hydrogen) atoms. The molecule has 4 N–H and O–H groups in total. The molecule has 1 radical (unpaired) electrons. The van der Waals surface area contributed by atoms with Gasteiger partial charge in [0.1, 0.15) is 6.04 Å². The fourth-order valence-electron chi connectivity index (χ4n) is 0.410. The highest BCUT2D eigenvalue weighted by Crippen LogP contribution is 1.82. The van der Waals surface area contributed by atoms with Crippen molar-refractivity contribution in [3.8, 4) is 0 Å². The summed E-state index contributed by atoms with van der Waals surface area (Å²) in [4.78, 5) is 21.1. The SMILES string of the molecule is C[C@H](N)C(=O)N[C@@H](C)C([NH])=O. The number of carbonyl (C=O) groups is 2. The van der Waals surface area contributed by atoms with Gasteiger partial charge in [0, 0.05) is 0 Å². The molecule has 0 saturated carbocycles. The van der Waals surface area contributed by atoms with Gasteiger partial charge in [0.25, 0.3) is 5.91 Å². The molecule has 0 bridgehead atoms. The molecule has 0 aliphatic heterocycles. The minimum atomic E-state index is -0.820. The first-order valence-corrected chi connectivity index (χ1v) is 3.26. The third-order valence-corrected chi connectivity index (χ3v) is 1.17. The lowest BCUT2D eigenvalue weighted by Crippen LogP contribution is -2.46. The molecule has 0 aromatic carbocycles. The highest BCUT2D eigenvalue weighted by atomic mass is 16.2. The van der Waals surface area contributed by atoms with Crippen LogP contribution in [0.3, 0.4) is 0 Å². The number of hydrogen-bond donors (Lipinski definition) is 2. The van der Waals surface area contributed by atoms with Gasteiger partial charge in [-0.3, -0.25) is 15.3 Å². The number of hydrogen-bond acceptors (Lipinski definition) is 3. The van der Waals surface area contributed by atoms with Crippen molar-refractivity contribution < 1.29 is 9.59 Å². The number of rotatable bonds is 3. The van der Waals surface area contributed by atoms with Crippen molar-refractivity contribution in [1.29, 1.82) is 0 Å². The Hall–Kier alpha value is -1.10. The van der Waals surface area contributed by atoms with Crippen molar-refractivity contribution in [2.45, 2.75) is 25.9 Å². The molecule has 2 atom stereocenters. The average molecular weight is 158 g/mol. The van der Waals surface area contributed by atoms with E-state index in [4.69, 9.17) is 11.5 Å². The minimum absolute atomic E-state index is 0.418. The van der Waals surface area contributed by atoms with Crippen LogP contribution in [0.1, 0.15) is 13.8 Å². The molecule has 63 valence electrons. The topological polar surface area (TPSA) is 96.0 Å². The van der Waals surface area contributed by atoms with Gasteiger partial charge in [0.2, 0.25) is 5.91 Å². The van der Waals surface area contributed by atoms with Crippen LogP contribution in [-0.2, 0) is 9.59 Å². The zero-order chi connectivity index (χ0) is 9.02. The summed E-state index contributed by atoms with van der Waals surface area (Å²) in [5.74, 6) is -1.24. The highest BCUT2D eigenvalue weighted by Gasteiger charge is 2.14. The molecule has 0 fully saturated rings. The molecule has 2 amide bonds. The monoisotopic (exact) mass is 158 g/mol. The summed E-state index contributed by atoms with van der Waals surface area (Å²) in [6.45, 7) is 2.95. The summed E-state index contributed by atoms with van der Waals surface area (Å²) >= 11 is 0. The van der Waals surface area contributed by atoms with E-state index in [0.29, 0.717) is 0 Å². The fraction of sp³-hybridized carbons (Fsp3) is 0.667. The second-order valence-corrected chi connectivity index (χ2v) is 2.38. The van der Waals surface area contributed by atoms with Crippen LogP contribution in [0.2, 0.25) is 0 Å². The van der Waals surface area contributed by atoms with Gasteiger partial charge in [0.05, 0.1) is 6.04 Å². The summed E-state index contributed by atoms with van der Waals surface area (Å²) in [7, 11) is 0. The molecule has 0 aliphatic rings. The van der Waals surface area contributed by atoms with E-state index in [-0.39, 0.29) is 0 Å². The Morgan fingerprint density at radius 1 is 1.45 bits per heavy atom. The quantitative estimate of drug-likeness (QED) is 0.531. The van der Waals surface area contributed by atoms with Crippen LogP contribution >= 0.6 is 0 Å². The van der Waals surface area contributed by atoms with Gasteiger partial charge in [-0.1, -0.05) is 0 Å². The number of nitrogens with one attached hydrogen (secondary N) is 2. The highest BCUT2D eigenvalue weighted by molar-refractivity contribution is 5.87. The first kappa shape index (κ1) is 9.90. The van der Waals surface area contributed by atoms with Gasteiger partial charge >= 0.3 is 0 Å². The van der Waals surface area contributed by atoms with E-state index in [1.54, 1.807) is 0 Å². The van der Waals surface area contributed by atoms with Crippen molar-refractivity contribution in [3.63, 3.8) is 0 Å². The average Bonchev–Trinajstić information content (AvgIpc) is 1.87. The van der Waals surface area contributed by atoms with E-state index in [9.17, 15) is 9.59 Å². The standard InChI is InChI=1S/C6H12N3O2/c1-3(7)6(11)9-4(2)5(8)10/h3-4,8H,7H2,1-2H3,(H,9,11)/t3-,4-/m0/s1. The maximum absolute atomic E-state index is 10.8. The van der Waals surface area contributed by atoms with Crippen molar-refractivity contribution >= 4 is 11.8 Å². The molecular weight excluding hydrogens is 146 g/mol. The van der Waals surface area contributed by atoms with Crippen molar-refractivity contribution in [1.82, 2.24) is 11.1 Å². The molecule has 0 spiro atoms. The molecule has 5 heteroatoms. The van der Waals surface area contributed by atoms with Gasteiger partial charge in [-0.05, 0) is 13.8 Å². The van der Waals surface area contributed by atoms with E-state index >= 15 is 0 Å². The Kier molecular flexibility index (Phi) is 3.53. The predicted molar refractivity (Wildman–Crippen MR) is 39.4 cm³/mol. The lowest BCUT2D eigenvalue weighted by Gasteiger charge is -2.10. The molecule has 0 rings (SSSR count). The maximum Gasteiger partial charge on any atom is 0.260 e. The Morgan fingerprint density at radius 3 is 2.18 bits per heavy atom. The van der Waals surface area contributed by atoms with Crippen LogP contribution in [-0.4, -0.2) is 23.9 Å². The van der Waals surface area contributed by atoms with Gasteiger partial charge in [-0.25, -0.2) is 0 Å². The van der Waals surface area contributed by atoms with Crippen LogP contribution in [0.5, 0.6) is 0 Å². The molecule has 0 unspecified atom stereocenters. The van der Waals surface area contributed by atoms with Crippen LogP contribution in [0, 0.1) is 0 Å². The van der Waals surface area contributed by atoms with Gasteiger partial charge in [-0.2, -0.15) is 0 Å². The molecular formula is C6H12N3O2. The number of nitrogens with two attached hydrogens (primary N) is 1. The van der Waals surface area contributed by atoms with Crippen molar-refractivity contribution in [2.24, 2.45) is 5.73 Å². The first-order chi connectivity index (χ1) is 4.95. The van der Waals surface area contributed by atoms with E-state index in [0.717, 1.165) is 0 Å².